The number of aliphatic hydroxyl groups excluding tert-OH is 1. The molecule has 1 aliphatic heterocycles. The van der Waals surface area contributed by atoms with Gasteiger partial charge in [0.2, 0.25) is 0 Å². The zero-order chi connectivity index (χ0) is 14.0. The minimum absolute atomic E-state index is 0.0111. The molecule has 0 aliphatic carbocycles. The maximum absolute atomic E-state index is 11.8. The SMILES string of the molecule is CC.CCC(CO)NC(=O)N1CCN(CC)CC1. The standard InChI is InChI=1S/C11H23N3O2.C2H6/c1-3-10(9-15)12-11(16)14-7-5-13(4-2)6-8-14;1-2/h10,15H,3-9H2,1-2H3,(H,12,16);1-2H3. The summed E-state index contributed by atoms with van der Waals surface area (Å²) >= 11 is 0. The third kappa shape index (κ3) is 5.69. The normalized spacial score (nSPS) is 17.7. The number of aliphatic hydroxyl groups is 1. The Kier molecular flexibility index (Phi) is 9.69. The summed E-state index contributed by atoms with van der Waals surface area (Å²) in [5.41, 5.74) is 0. The molecule has 1 aliphatic rings. The van der Waals surface area contributed by atoms with Crippen LogP contribution in [0.1, 0.15) is 34.1 Å². The Bertz CT molecular complexity index is 212. The van der Waals surface area contributed by atoms with E-state index in [0.29, 0.717) is 0 Å². The van der Waals surface area contributed by atoms with Gasteiger partial charge >= 0.3 is 6.03 Å². The maximum Gasteiger partial charge on any atom is 0.317 e. The predicted molar refractivity (Wildman–Crippen MR) is 74.7 cm³/mol. The summed E-state index contributed by atoms with van der Waals surface area (Å²) in [4.78, 5) is 16.0. The predicted octanol–water partition coefficient (Wildman–Crippen LogP) is 1.13. The molecule has 0 spiro atoms. The van der Waals surface area contributed by atoms with Gasteiger partial charge in [-0.25, -0.2) is 4.79 Å². The molecule has 1 rings (SSSR count). The zero-order valence-electron chi connectivity index (χ0n) is 12.3. The molecule has 0 aromatic carbocycles. The summed E-state index contributed by atoms with van der Waals surface area (Å²) in [5, 5.41) is 11.8. The second-order valence-electron chi connectivity index (χ2n) is 4.16. The number of hydrogen-bond donors (Lipinski definition) is 2. The van der Waals surface area contributed by atoms with E-state index in [0.717, 1.165) is 39.1 Å². The molecular weight excluding hydrogens is 230 g/mol. The number of amides is 2. The Morgan fingerprint density at radius 1 is 1.22 bits per heavy atom. The molecule has 18 heavy (non-hydrogen) atoms. The van der Waals surface area contributed by atoms with Crippen molar-refractivity contribution < 1.29 is 9.90 Å². The first-order valence-corrected chi connectivity index (χ1v) is 7.09. The number of carbonyl (C=O) groups is 1. The lowest BCUT2D eigenvalue weighted by molar-refractivity contribution is 0.136. The fourth-order valence-electron chi connectivity index (χ4n) is 1.81. The van der Waals surface area contributed by atoms with Crippen molar-refractivity contribution in [1.29, 1.82) is 0 Å². The summed E-state index contributed by atoms with van der Waals surface area (Å²) in [6.45, 7) is 12.6. The van der Waals surface area contributed by atoms with Crippen molar-refractivity contribution in [2.24, 2.45) is 0 Å². The summed E-state index contributed by atoms with van der Waals surface area (Å²) in [5.74, 6) is 0. The van der Waals surface area contributed by atoms with Crippen LogP contribution in [0.5, 0.6) is 0 Å². The molecule has 0 saturated carbocycles. The van der Waals surface area contributed by atoms with Crippen LogP contribution in [-0.4, -0.2) is 66.3 Å². The number of likely N-dealkylation sites (N-methyl/N-ethyl adjacent to an activating group) is 1. The Morgan fingerprint density at radius 3 is 2.17 bits per heavy atom. The van der Waals surface area contributed by atoms with Crippen LogP contribution >= 0.6 is 0 Å². The quantitative estimate of drug-likeness (QED) is 0.796. The molecule has 5 nitrogen and oxygen atoms in total. The zero-order valence-corrected chi connectivity index (χ0v) is 12.3. The highest BCUT2D eigenvalue weighted by Crippen LogP contribution is 2.02. The summed E-state index contributed by atoms with van der Waals surface area (Å²) in [6.07, 6.45) is 0.761. The van der Waals surface area contributed by atoms with Crippen LogP contribution in [0.3, 0.4) is 0 Å². The number of nitrogens with zero attached hydrogens (tertiary/aromatic N) is 2. The first kappa shape index (κ1) is 17.2. The molecule has 1 saturated heterocycles. The average Bonchev–Trinajstić information content (AvgIpc) is 2.46. The van der Waals surface area contributed by atoms with Gasteiger partial charge in [-0.15, -0.1) is 0 Å². The minimum atomic E-state index is -0.114. The number of carbonyl (C=O) groups excluding carboxylic acids is 1. The fourth-order valence-corrected chi connectivity index (χ4v) is 1.81. The van der Waals surface area contributed by atoms with Crippen LogP contribution in [0.4, 0.5) is 4.79 Å². The van der Waals surface area contributed by atoms with Gasteiger partial charge in [0.05, 0.1) is 12.6 Å². The van der Waals surface area contributed by atoms with Crippen molar-refractivity contribution in [3.05, 3.63) is 0 Å². The van der Waals surface area contributed by atoms with Crippen LogP contribution in [-0.2, 0) is 0 Å². The van der Waals surface area contributed by atoms with E-state index >= 15 is 0 Å². The largest absolute Gasteiger partial charge is 0.394 e. The first-order chi connectivity index (χ1) is 8.71. The molecule has 1 fully saturated rings. The third-order valence-corrected chi connectivity index (χ3v) is 3.15. The van der Waals surface area contributed by atoms with Crippen molar-refractivity contribution in [3.8, 4) is 0 Å². The van der Waals surface area contributed by atoms with Gasteiger partial charge in [-0.05, 0) is 13.0 Å². The lowest BCUT2D eigenvalue weighted by Gasteiger charge is -2.34. The summed E-state index contributed by atoms with van der Waals surface area (Å²) < 4.78 is 0. The van der Waals surface area contributed by atoms with Crippen molar-refractivity contribution >= 4 is 6.03 Å². The van der Waals surface area contributed by atoms with E-state index in [1.54, 1.807) is 0 Å². The smallest absolute Gasteiger partial charge is 0.317 e. The number of urea groups is 1. The van der Waals surface area contributed by atoms with E-state index in [4.69, 9.17) is 5.11 Å². The Labute approximate surface area is 111 Å². The van der Waals surface area contributed by atoms with Crippen LogP contribution < -0.4 is 5.32 Å². The Hall–Kier alpha value is -0.810. The molecule has 0 aromatic rings. The molecule has 0 bridgehead atoms. The Morgan fingerprint density at radius 2 is 1.78 bits per heavy atom. The van der Waals surface area contributed by atoms with Crippen LogP contribution in [0.15, 0.2) is 0 Å². The summed E-state index contributed by atoms with van der Waals surface area (Å²) in [6, 6.07) is -0.159. The van der Waals surface area contributed by atoms with E-state index in [1.807, 2.05) is 25.7 Å². The summed E-state index contributed by atoms with van der Waals surface area (Å²) in [7, 11) is 0. The van der Waals surface area contributed by atoms with Gasteiger partial charge in [0.1, 0.15) is 0 Å². The van der Waals surface area contributed by atoms with Gasteiger partial charge in [0.15, 0.2) is 0 Å². The minimum Gasteiger partial charge on any atom is -0.394 e. The van der Waals surface area contributed by atoms with Crippen molar-refractivity contribution in [2.45, 2.75) is 40.2 Å². The van der Waals surface area contributed by atoms with E-state index in [2.05, 4.69) is 17.1 Å². The lowest BCUT2D eigenvalue weighted by atomic mass is 10.2. The van der Waals surface area contributed by atoms with Crippen molar-refractivity contribution in [2.75, 3.05) is 39.3 Å². The van der Waals surface area contributed by atoms with Gasteiger partial charge < -0.3 is 20.2 Å². The average molecular weight is 259 g/mol. The topological polar surface area (TPSA) is 55.8 Å². The van der Waals surface area contributed by atoms with Crippen LogP contribution in [0.2, 0.25) is 0 Å². The molecular formula is C13H29N3O2. The lowest BCUT2D eigenvalue weighted by Crippen LogP contribution is -2.53. The van der Waals surface area contributed by atoms with E-state index in [1.165, 1.54) is 0 Å². The monoisotopic (exact) mass is 259 g/mol. The van der Waals surface area contributed by atoms with Gasteiger partial charge in [-0.2, -0.15) is 0 Å². The van der Waals surface area contributed by atoms with Gasteiger partial charge in [0, 0.05) is 26.2 Å². The second kappa shape index (κ2) is 10.1. The second-order valence-corrected chi connectivity index (χ2v) is 4.16. The van der Waals surface area contributed by atoms with Gasteiger partial charge in [-0.1, -0.05) is 27.7 Å². The van der Waals surface area contributed by atoms with Gasteiger partial charge in [0.25, 0.3) is 0 Å². The molecule has 1 heterocycles. The molecule has 1 unspecified atom stereocenters. The van der Waals surface area contributed by atoms with E-state index in [-0.39, 0.29) is 18.7 Å². The number of nitrogens with one attached hydrogen (secondary N) is 1. The number of hydrogen-bond acceptors (Lipinski definition) is 3. The van der Waals surface area contributed by atoms with E-state index < -0.39 is 0 Å². The first-order valence-electron chi connectivity index (χ1n) is 7.09. The molecule has 0 radical (unpaired) electrons. The molecule has 2 amide bonds. The third-order valence-electron chi connectivity index (χ3n) is 3.15. The van der Waals surface area contributed by atoms with Crippen LogP contribution in [0.25, 0.3) is 0 Å². The van der Waals surface area contributed by atoms with Crippen LogP contribution in [0, 0.1) is 0 Å². The molecule has 5 heteroatoms. The number of rotatable bonds is 4. The van der Waals surface area contributed by atoms with E-state index in [9.17, 15) is 4.79 Å². The molecule has 1 atom stereocenters. The highest BCUT2D eigenvalue weighted by atomic mass is 16.3. The Balaban J connectivity index is 0.00000137. The fraction of sp³-hybridized carbons (Fsp3) is 0.923. The maximum atomic E-state index is 11.8. The number of piperazine rings is 1. The van der Waals surface area contributed by atoms with Gasteiger partial charge in [-0.3, -0.25) is 0 Å². The molecule has 108 valence electrons. The molecule has 0 aromatic heterocycles. The molecule has 2 N–H and O–H groups in total. The van der Waals surface area contributed by atoms with Crippen molar-refractivity contribution in [3.63, 3.8) is 0 Å². The highest BCUT2D eigenvalue weighted by molar-refractivity contribution is 5.74. The highest BCUT2D eigenvalue weighted by Gasteiger charge is 2.21. The van der Waals surface area contributed by atoms with Crippen molar-refractivity contribution in [1.82, 2.24) is 15.1 Å².